The van der Waals surface area contributed by atoms with Crippen LogP contribution in [-0.4, -0.2) is 30.6 Å². The molecule has 2 atom stereocenters. The predicted octanol–water partition coefficient (Wildman–Crippen LogP) is 2.59. The highest BCUT2D eigenvalue weighted by Crippen LogP contribution is 2.36. The lowest BCUT2D eigenvalue weighted by atomic mass is 10.0. The number of hydrogen-bond acceptors (Lipinski definition) is 4. The lowest BCUT2D eigenvalue weighted by molar-refractivity contribution is 0.185. The Hall–Kier alpha value is -0.710. The lowest BCUT2D eigenvalue weighted by Gasteiger charge is -2.20. The Morgan fingerprint density at radius 1 is 1.56 bits per heavy atom. The fourth-order valence-corrected chi connectivity index (χ4v) is 3.27. The van der Waals surface area contributed by atoms with Crippen LogP contribution in [0.1, 0.15) is 31.4 Å². The van der Waals surface area contributed by atoms with Crippen molar-refractivity contribution in [2.24, 2.45) is 0 Å². The Bertz CT molecular complexity index is 395. The average molecular weight is 267 g/mol. The summed E-state index contributed by atoms with van der Waals surface area (Å²) in [7, 11) is 1.70. The van der Waals surface area contributed by atoms with Gasteiger partial charge >= 0.3 is 0 Å². The van der Waals surface area contributed by atoms with Crippen molar-refractivity contribution >= 4 is 11.8 Å². The van der Waals surface area contributed by atoms with E-state index >= 15 is 0 Å². The van der Waals surface area contributed by atoms with E-state index in [1.165, 1.54) is 16.9 Å². The summed E-state index contributed by atoms with van der Waals surface area (Å²) in [6, 6.07) is 6.59. The molecule has 0 saturated carbocycles. The van der Waals surface area contributed by atoms with E-state index in [2.05, 4.69) is 17.4 Å². The van der Waals surface area contributed by atoms with E-state index in [4.69, 9.17) is 4.74 Å². The molecule has 2 N–H and O–H groups in total. The Morgan fingerprint density at radius 2 is 2.39 bits per heavy atom. The fraction of sp³-hybridized carbons (Fsp3) is 0.571. The van der Waals surface area contributed by atoms with Crippen LogP contribution in [0.4, 0.5) is 0 Å². The van der Waals surface area contributed by atoms with E-state index in [1.54, 1.807) is 7.11 Å². The third-order valence-electron chi connectivity index (χ3n) is 3.15. The molecule has 1 aliphatic heterocycles. The van der Waals surface area contributed by atoms with Gasteiger partial charge in [-0.25, -0.2) is 0 Å². The molecular weight excluding hydrogens is 246 g/mol. The number of methoxy groups -OCH3 is 1. The number of nitrogens with one attached hydrogen (secondary N) is 1. The van der Waals surface area contributed by atoms with Crippen LogP contribution in [0.3, 0.4) is 0 Å². The number of rotatable bonds is 4. The molecule has 0 unspecified atom stereocenters. The number of ether oxygens (including phenoxy) is 1. The van der Waals surface area contributed by atoms with E-state index in [-0.39, 0.29) is 6.10 Å². The highest BCUT2D eigenvalue weighted by Gasteiger charge is 2.19. The van der Waals surface area contributed by atoms with Gasteiger partial charge < -0.3 is 15.2 Å². The van der Waals surface area contributed by atoms with Gasteiger partial charge in [0.25, 0.3) is 0 Å². The molecule has 0 aromatic heterocycles. The smallest absolute Gasteiger partial charge is 0.119 e. The summed E-state index contributed by atoms with van der Waals surface area (Å²) in [5, 5.41) is 12.9. The maximum Gasteiger partial charge on any atom is 0.119 e. The van der Waals surface area contributed by atoms with Crippen LogP contribution in [0.2, 0.25) is 0 Å². The van der Waals surface area contributed by atoms with Crippen LogP contribution in [0.5, 0.6) is 5.75 Å². The molecule has 4 heteroatoms. The van der Waals surface area contributed by atoms with Crippen molar-refractivity contribution in [3.63, 3.8) is 0 Å². The van der Waals surface area contributed by atoms with Gasteiger partial charge in [-0.2, -0.15) is 0 Å². The van der Waals surface area contributed by atoms with Gasteiger partial charge in [0.05, 0.1) is 13.2 Å². The van der Waals surface area contributed by atoms with Gasteiger partial charge in [-0.05, 0) is 49.3 Å². The molecule has 0 amide bonds. The van der Waals surface area contributed by atoms with Crippen molar-refractivity contribution in [3.8, 4) is 5.75 Å². The first-order valence-corrected chi connectivity index (χ1v) is 7.41. The molecule has 18 heavy (non-hydrogen) atoms. The van der Waals surface area contributed by atoms with E-state index < -0.39 is 0 Å². The highest BCUT2D eigenvalue weighted by molar-refractivity contribution is 7.99. The highest BCUT2D eigenvalue weighted by atomic mass is 32.2. The van der Waals surface area contributed by atoms with Crippen molar-refractivity contribution in [1.29, 1.82) is 0 Å². The zero-order valence-electron chi connectivity index (χ0n) is 11.0. The first-order valence-electron chi connectivity index (χ1n) is 6.43. The standard InChI is InChI=1S/C14H21NO2S/c1-10(16)9-15-13-4-3-7-18-14-6-5-11(17-2)8-12(13)14/h5-6,8,10,13,15-16H,3-4,7,9H2,1-2H3/t10-,13-/m1/s1. The minimum absolute atomic E-state index is 0.310. The second-order valence-corrected chi connectivity index (χ2v) is 5.84. The summed E-state index contributed by atoms with van der Waals surface area (Å²) < 4.78 is 5.31. The molecule has 0 fully saturated rings. The second-order valence-electron chi connectivity index (χ2n) is 4.70. The van der Waals surface area contributed by atoms with Crippen LogP contribution >= 0.6 is 11.8 Å². The van der Waals surface area contributed by atoms with Crippen molar-refractivity contribution in [3.05, 3.63) is 23.8 Å². The van der Waals surface area contributed by atoms with E-state index in [0.29, 0.717) is 12.6 Å². The van der Waals surface area contributed by atoms with Gasteiger partial charge in [0, 0.05) is 17.5 Å². The minimum Gasteiger partial charge on any atom is -0.497 e. The van der Waals surface area contributed by atoms with Crippen molar-refractivity contribution in [1.82, 2.24) is 5.32 Å². The first kappa shape index (κ1) is 13.7. The summed E-state index contributed by atoms with van der Waals surface area (Å²) in [6.07, 6.45) is 1.99. The van der Waals surface area contributed by atoms with Crippen molar-refractivity contribution in [2.75, 3.05) is 19.4 Å². The monoisotopic (exact) mass is 267 g/mol. The molecule has 0 spiro atoms. The second kappa shape index (κ2) is 6.45. The van der Waals surface area contributed by atoms with E-state index in [9.17, 15) is 5.11 Å². The fourth-order valence-electron chi connectivity index (χ4n) is 2.21. The molecule has 1 aromatic rings. The largest absolute Gasteiger partial charge is 0.497 e. The quantitative estimate of drug-likeness (QED) is 0.880. The Balaban J connectivity index is 2.21. The third-order valence-corrected chi connectivity index (χ3v) is 4.32. The van der Waals surface area contributed by atoms with Gasteiger partial charge in [0.15, 0.2) is 0 Å². The maximum atomic E-state index is 9.41. The molecular formula is C14H21NO2S. The van der Waals surface area contributed by atoms with E-state index in [1.807, 2.05) is 24.8 Å². The van der Waals surface area contributed by atoms with Gasteiger partial charge in [-0.15, -0.1) is 11.8 Å². The SMILES string of the molecule is COc1ccc2c(c1)[C@H](NC[C@@H](C)O)CCCS2. The molecule has 0 bridgehead atoms. The number of fused-ring (bicyclic) bond motifs is 1. The van der Waals surface area contributed by atoms with Gasteiger partial charge in [0.1, 0.15) is 5.75 Å². The molecule has 100 valence electrons. The normalized spacial score (nSPS) is 20.9. The van der Waals surface area contributed by atoms with Crippen LogP contribution in [0.25, 0.3) is 0 Å². The van der Waals surface area contributed by atoms with Crippen molar-refractivity contribution < 1.29 is 9.84 Å². The minimum atomic E-state index is -0.310. The van der Waals surface area contributed by atoms with Gasteiger partial charge in [-0.3, -0.25) is 0 Å². The molecule has 0 radical (unpaired) electrons. The Kier molecular flexibility index (Phi) is 4.92. The zero-order chi connectivity index (χ0) is 13.0. The topological polar surface area (TPSA) is 41.5 Å². The summed E-state index contributed by atoms with van der Waals surface area (Å²) in [4.78, 5) is 1.33. The number of aliphatic hydroxyl groups excluding tert-OH is 1. The van der Waals surface area contributed by atoms with Crippen molar-refractivity contribution in [2.45, 2.75) is 36.8 Å². The summed E-state index contributed by atoms with van der Waals surface area (Å²) >= 11 is 1.91. The van der Waals surface area contributed by atoms with Gasteiger partial charge in [-0.1, -0.05) is 0 Å². The number of thioether (sulfide) groups is 1. The first-order chi connectivity index (χ1) is 8.70. The summed E-state index contributed by atoms with van der Waals surface area (Å²) in [5.41, 5.74) is 1.30. The molecule has 0 aliphatic carbocycles. The molecule has 1 aliphatic rings. The van der Waals surface area contributed by atoms with Crippen LogP contribution in [-0.2, 0) is 0 Å². The summed E-state index contributed by atoms with van der Waals surface area (Å²) in [6.45, 7) is 2.44. The van der Waals surface area contributed by atoms with Crippen LogP contribution in [0, 0.1) is 0 Å². The zero-order valence-corrected chi connectivity index (χ0v) is 11.8. The third kappa shape index (κ3) is 3.40. The molecule has 3 nitrogen and oxygen atoms in total. The maximum absolute atomic E-state index is 9.41. The predicted molar refractivity (Wildman–Crippen MR) is 75.4 cm³/mol. The lowest BCUT2D eigenvalue weighted by Crippen LogP contribution is -2.28. The van der Waals surface area contributed by atoms with Gasteiger partial charge in [0.2, 0.25) is 0 Å². The molecule has 0 saturated heterocycles. The van der Waals surface area contributed by atoms with Crippen LogP contribution < -0.4 is 10.1 Å². The average Bonchev–Trinajstić information content (AvgIpc) is 2.57. The van der Waals surface area contributed by atoms with E-state index in [0.717, 1.165) is 17.9 Å². The number of hydrogen-bond donors (Lipinski definition) is 2. The number of aliphatic hydroxyl groups is 1. The molecule has 1 heterocycles. The molecule has 2 rings (SSSR count). The number of benzene rings is 1. The molecule has 1 aromatic carbocycles. The Morgan fingerprint density at radius 3 is 3.11 bits per heavy atom. The Labute approximate surface area is 113 Å². The van der Waals surface area contributed by atoms with Crippen LogP contribution in [0.15, 0.2) is 23.1 Å². The summed E-state index contributed by atoms with van der Waals surface area (Å²) in [5.74, 6) is 2.06.